The van der Waals surface area contributed by atoms with Crippen molar-refractivity contribution in [3.63, 3.8) is 0 Å². The Kier molecular flexibility index (Phi) is 14.5. The van der Waals surface area contributed by atoms with E-state index in [1.807, 2.05) is 30.3 Å². The van der Waals surface area contributed by atoms with E-state index in [1.54, 1.807) is 41.9 Å². The number of nitrogens with one attached hydrogen (secondary N) is 3. The highest BCUT2D eigenvalue weighted by atomic mass is 32.1. The molecule has 0 aliphatic carbocycles. The number of benzene rings is 4. The monoisotopic (exact) mass is 914 g/mol. The van der Waals surface area contributed by atoms with Gasteiger partial charge in [-0.1, -0.05) is 54.3 Å². The second-order valence-corrected chi connectivity index (χ2v) is 16.1. The number of imide groups is 2. The third-order valence-electron chi connectivity index (χ3n) is 10.8. The lowest BCUT2D eigenvalue weighted by Crippen LogP contribution is -2.54. The number of carbonyl (C=O) groups excluding carboxylic acids is 6. The van der Waals surface area contributed by atoms with E-state index >= 15 is 0 Å². The number of aromatic nitrogens is 1. The van der Waals surface area contributed by atoms with E-state index in [0.29, 0.717) is 53.9 Å². The predicted octanol–water partition coefficient (Wildman–Crippen LogP) is 5.11. The Morgan fingerprint density at radius 2 is 1.67 bits per heavy atom. The van der Waals surface area contributed by atoms with E-state index in [-0.39, 0.29) is 68.3 Å². The zero-order valence-corrected chi connectivity index (χ0v) is 36.2. The number of halogens is 1. The van der Waals surface area contributed by atoms with Crippen LogP contribution in [0.15, 0.2) is 96.5 Å². The van der Waals surface area contributed by atoms with Crippen LogP contribution < -0.4 is 20.7 Å². The number of hydrogen-bond donors (Lipinski definition) is 3. The summed E-state index contributed by atoms with van der Waals surface area (Å²) in [5, 5.41) is 10.2. The molecule has 6 amide bonds. The zero-order valence-electron chi connectivity index (χ0n) is 35.4. The highest BCUT2D eigenvalue weighted by Gasteiger charge is 2.45. The molecular formula is C48H43FN6O10S. The summed E-state index contributed by atoms with van der Waals surface area (Å²) in [7, 11) is 0. The molecule has 4 heterocycles. The minimum atomic E-state index is -1.28. The average molecular weight is 915 g/mol. The van der Waals surface area contributed by atoms with Crippen LogP contribution >= 0.6 is 11.3 Å². The van der Waals surface area contributed by atoms with Gasteiger partial charge in [0, 0.05) is 47.9 Å². The summed E-state index contributed by atoms with van der Waals surface area (Å²) < 4.78 is 38.0. The molecule has 3 aliphatic rings. The summed E-state index contributed by atoms with van der Waals surface area (Å²) in [4.78, 5) is 84.6. The van der Waals surface area contributed by atoms with Crippen LogP contribution in [0.4, 0.5) is 15.2 Å². The second-order valence-electron chi connectivity index (χ2n) is 15.2. The van der Waals surface area contributed by atoms with Crippen molar-refractivity contribution in [2.24, 2.45) is 0 Å². The molecule has 8 rings (SSSR count). The van der Waals surface area contributed by atoms with Crippen LogP contribution in [0, 0.1) is 17.7 Å². The largest absolute Gasteiger partial charge is 0.489 e. The minimum Gasteiger partial charge on any atom is -0.489 e. The van der Waals surface area contributed by atoms with Gasteiger partial charge in [-0.2, -0.15) is 0 Å². The molecule has 1 fully saturated rings. The number of amides is 6. The Labute approximate surface area is 382 Å². The number of anilines is 2. The molecule has 0 bridgehead atoms. The zero-order chi connectivity index (χ0) is 46.0. The number of ether oxygens (including phenoxy) is 4. The molecule has 0 spiro atoms. The standard InChI is InChI=1S/C48H43FN6O10S/c49-33-11-15-39(65-29-30-6-2-1-3-7-30)37(26-33)42(44(58)53-48-51-18-25-66-48)54-28-32-9-4-8-31(41(32)47(54)61)10-5-19-62-21-23-64-24-22-63-20-17-50-34-12-13-35-36(27-34)46(60)55(45(35)59)38-14-16-40(56)52-43(38)57/h1-4,6-9,11-13,15,18,25-27,38,42,50H,14,16-17,19-24,28-29H2,(H,51,53,58)(H,52,56,57). The fourth-order valence-corrected chi connectivity index (χ4v) is 8.28. The summed E-state index contributed by atoms with van der Waals surface area (Å²) >= 11 is 1.21. The molecule has 4 aromatic carbocycles. The van der Waals surface area contributed by atoms with Gasteiger partial charge in [0.05, 0.1) is 49.7 Å². The number of fused-ring (bicyclic) bond motifs is 2. The van der Waals surface area contributed by atoms with E-state index in [0.717, 1.165) is 10.5 Å². The van der Waals surface area contributed by atoms with E-state index in [1.165, 1.54) is 40.5 Å². The van der Waals surface area contributed by atoms with Crippen LogP contribution in [0.2, 0.25) is 0 Å². The lowest BCUT2D eigenvalue weighted by Gasteiger charge is -2.28. The first kappa shape index (κ1) is 45.3. The van der Waals surface area contributed by atoms with Gasteiger partial charge in [-0.3, -0.25) is 44.3 Å². The molecule has 3 aliphatic heterocycles. The lowest BCUT2D eigenvalue weighted by atomic mass is 10.0. The highest BCUT2D eigenvalue weighted by Crippen LogP contribution is 2.38. The average Bonchev–Trinajstić information content (AvgIpc) is 4.01. The number of nitrogens with zero attached hydrogens (tertiary/aromatic N) is 3. The fraction of sp³-hybridized carbons (Fsp3) is 0.271. The van der Waals surface area contributed by atoms with E-state index in [4.69, 9.17) is 18.9 Å². The molecule has 0 saturated carbocycles. The van der Waals surface area contributed by atoms with Crippen molar-refractivity contribution in [3.05, 3.63) is 141 Å². The first-order valence-corrected chi connectivity index (χ1v) is 21.9. The molecule has 18 heteroatoms. The number of piperidine rings is 1. The first-order chi connectivity index (χ1) is 32.2. The molecule has 3 N–H and O–H groups in total. The summed E-state index contributed by atoms with van der Waals surface area (Å²) in [5.41, 5.74) is 3.51. The number of hydrogen-bond acceptors (Lipinski definition) is 13. The van der Waals surface area contributed by atoms with Crippen LogP contribution in [0.3, 0.4) is 0 Å². The molecule has 16 nitrogen and oxygen atoms in total. The van der Waals surface area contributed by atoms with Crippen LogP contribution in [0.25, 0.3) is 0 Å². The van der Waals surface area contributed by atoms with Gasteiger partial charge in [0.25, 0.3) is 23.6 Å². The molecule has 338 valence electrons. The predicted molar refractivity (Wildman–Crippen MR) is 238 cm³/mol. The van der Waals surface area contributed by atoms with Crippen LogP contribution in [-0.4, -0.2) is 102 Å². The van der Waals surface area contributed by atoms with Gasteiger partial charge < -0.3 is 29.2 Å². The molecular weight excluding hydrogens is 872 g/mol. The molecule has 2 atom stereocenters. The van der Waals surface area contributed by atoms with Crippen molar-refractivity contribution >= 4 is 57.6 Å². The molecule has 66 heavy (non-hydrogen) atoms. The number of thiazole rings is 1. The number of carbonyl (C=O) groups is 6. The van der Waals surface area contributed by atoms with E-state index in [9.17, 15) is 33.2 Å². The van der Waals surface area contributed by atoms with E-state index in [2.05, 4.69) is 32.8 Å². The Morgan fingerprint density at radius 3 is 2.45 bits per heavy atom. The van der Waals surface area contributed by atoms with Crippen LogP contribution in [-0.2, 0) is 41.7 Å². The molecule has 1 saturated heterocycles. The van der Waals surface area contributed by atoms with Gasteiger partial charge in [-0.25, -0.2) is 9.37 Å². The maximum atomic E-state index is 14.9. The van der Waals surface area contributed by atoms with E-state index < -0.39 is 53.3 Å². The van der Waals surface area contributed by atoms with Gasteiger partial charge in [0.15, 0.2) is 5.13 Å². The third kappa shape index (κ3) is 10.5. The van der Waals surface area contributed by atoms with Gasteiger partial charge in [0.1, 0.15) is 36.9 Å². The topological polar surface area (TPSA) is 195 Å². The summed E-state index contributed by atoms with van der Waals surface area (Å²) in [6.45, 7) is 2.21. The quantitative estimate of drug-likeness (QED) is 0.0564. The SMILES string of the molecule is O=C1CCC(N2C(=O)c3ccc(NCCOCCOCCOCC#Cc4cccc5c4C(=O)N(C(C(=O)Nc4nccs4)c4cc(F)ccc4OCc4ccccc4)C5)cc3C2=O)C(=O)N1. The minimum absolute atomic E-state index is 0.0484. The summed E-state index contributed by atoms with van der Waals surface area (Å²) in [5.74, 6) is 2.39. The Morgan fingerprint density at radius 1 is 0.879 bits per heavy atom. The summed E-state index contributed by atoms with van der Waals surface area (Å²) in [6.07, 6.45) is 1.68. The number of rotatable bonds is 19. The van der Waals surface area contributed by atoms with Gasteiger partial charge in [0.2, 0.25) is 11.8 Å². The Balaban J connectivity index is 0.783. The molecule has 5 aromatic rings. The summed E-state index contributed by atoms with van der Waals surface area (Å²) in [6, 6.07) is 21.1. The normalized spacial score (nSPS) is 15.8. The van der Waals surface area contributed by atoms with Gasteiger partial charge >= 0.3 is 0 Å². The van der Waals surface area contributed by atoms with Gasteiger partial charge in [-0.05, 0) is 60.0 Å². The fourth-order valence-electron chi connectivity index (χ4n) is 7.75. The maximum Gasteiger partial charge on any atom is 0.262 e. The first-order valence-electron chi connectivity index (χ1n) is 21.1. The van der Waals surface area contributed by atoms with Crippen LogP contribution in [0.1, 0.15) is 72.2 Å². The molecule has 1 aromatic heterocycles. The third-order valence-corrected chi connectivity index (χ3v) is 11.5. The van der Waals surface area contributed by atoms with Crippen molar-refractivity contribution in [2.75, 3.05) is 56.8 Å². The second kappa shape index (κ2) is 21.1. The highest BCUT2D eigenvalue weighted by molar-refractivity contribution is 7.13. The van der Waals surface area contributed by atoms with Gasteiger partial charge in [-0.15, -0.1) is 11.3 Å². The smallest absolute Gasteiger partial charge is 0.262 e. The van der Waals surface area contributed by atoms with Crippen molar-refractivity contribution < 1.29 is 52.1 Å². The van der Waals surface area contributed by atoms with Crippen molar-refractivity contribution in [1.29, 1.82) is 0 Å². The maximum absolute atomic E-state index is 14.9. The van der Waals surface area contributed by atoms with Crippen molar-refractivity contribution in [2.45, 2.75) is 38.1 Å². The Bertz CT molecular complexity index is 2710. The van der Waals surface area contributed by atoms with Crippen molar-refractivity contribution in [1.82, 2.24) is 20.1 Å². The molecule has 0 radical (unpaired) electrons. The van der Waals surface area contributed by atoms with Crippen molar-refractivity contribution in [3.8, 4) is 17.6 Å². The van der Waals surface area contributed by atoms with Crippen LogP contribution in [0.5, 0.6) is 5.75 Å². The lowest BCUT2D eigenvalue weighted by molar-refractivity contribution is -0.136. The molecule has 2 unspecified atom stereocenters. The Hall–Kier alpha value is -7.30.